The van der Waals surface area contributed by atoms with Gasteiger partial charge in [-0.3, -0.25) is 9.59 Å². The van der Waals surface area contributed by atoms with Crippen LogP contribution in [0.5, 0.6) is 0 Å². The molecule has 2 rings (SSSR count). The van der Waals surface area contributed by atoms with E-state index in [2.05, 4.69) is 21.2 Å². The second-order valence-electron chi connectivity index (χ2n) is 4.78. The first-order valence-electron chi connectivity index (χ1n) is 5.91. The Morgan fingerprint density at radius 3 is 2.58 bits per heavy atom. The SMILES string of the molecule is O=C(O)CC1(NC(=O)c2ccc(Br)cc2F)CCC1. The van der Waals surface area contributed by atoms with Crippen LogP contribution in [0.3, 0.4) is 0 Å². The maximum atomic E-state index is 13.7. The molecule has 1 aliphatic rings. The van der Waals surface area contributed by atoms with Crippen LogP contribution >= 0.6 is 15.9 Å². The van der Waals surface area contributed by atoms with Crippen LogP contribution in [0.1, 0.15) is 36.0 Å². The third-order valence-electron chi connectivity index (χ3n) is 3.35. The average Bonchev–Trinajstić information content (AvgIpc) is 2.25. The molecule has 1 aliphatic carbocycles. The second kappa shape index (κ2) is 5.28. The number of carbonyl (C=O) groups excluding carboxylic acids is 1. The maximum Gasteiger partial charge on any atom is 0.305 e. The molecule has 102 valence electrons. The first-order chi connectivity index (χ1) is 8.92. The zero-order valence-corrected chi connectivity index (χ0v) is 11.7. The fourth-order valence-electron chi connectivity index (χ4n) is 2.22. The minimum absolute atomic E-state index is 0.0696. The zero-order chi connectivity index (χ0) is 14.0. The van der Waals surface area contributed by atoms with Crippen LogP contribution in [-0.4, -0.2) is 22.5 Å². The molecule has 0 atom stereocenters. The quantitative estimate of drug-likeness (QED) is 0.892. The summed E-state index contributed by atoms with van der Waals surface area (Å²) in [6.07, 6.45) is 1.97. The molecule has 1 saturated carbocycles. The van der Waals surface area contributed by atoms with Gasteiger partial charge in [-0.1, -0.05) is 15.9 Å². The van der Waals surface area contributed by atoms with Gasteiger partial charge in [0.15, 0.2) is 0 Å². The molecule has 2 N–H and O–H groups in total. The number of aliphatic carboxylic acids is 1. The summed E-state index contributed by atoms with van der Waals surface area (Å²) in [6, 6.07) is 4.16. The highest BCUT2D eigenvalue weighted by molar-refractivity contribution is 9.10. The van der Waals surface area contributed by atoms with Crippen molar-refractivity contribution < 1.29 is 19.1 Å². The fourth-order valence-corrected chi connectivity index (χ4v) is 2.55. The Morgan fingerprint density at radius 2 is 2.11 bits per heavy atom. The highest BCUT2D eigenvalue weighted by atomic mass is 79.9. The van der Waals surface area contributed by atoms with Crippen LogP contribution in [0.4, 0.5) is 4.39 Å². The van der Waals surface area contributed by atoms with Gasteiger partial charge in [0.25, 0.3) is 5.91 Å². The van der Waals surface area contributed by atoms with Crippen molar-refractivity contribution in [2.24, 2.45) is 0 Å². The summed E-state index contributed by atoms with van der Waals surface area (Å²) in [5, 5.41) is 11.5. The molecule has 1 fully saturated rings. The number of nitrogens with one attached hydrogen (secondary N) is 1. The predicted octanol–water partition coefficient (Wildman–Crippen LogP) is 2.72. The number of carbonyl (C=O) groups is 2. The van der Waals surface area contributed by atoms with Gasteiger partial charge in [0.05, 0.1) is 17.5 Å². The Morgan fingerprint density at radius 1 is 1.42 bits per heavy atom. The lowest BCUT2D eigenvalue weighted by Crippen LogP contribution is -2.54. The summed E-state index contributed by atoms with van der Waals surface area (Å²) in [7, 11) is 0. The van der Waals surface area contributed by atoms with Crippen LogP contribution in [0, 0.1) is 5.82 Å². The van der Waals surface area contributed by atoms with Gasteiger partial charge >= 0.3 is 5.97 Å². The molecule has 0 spiro atoms. The summed E-state index contributed by atoms with van der Waals surface area (Å²) in [5.74, 6) is -2.15. The Kier molecular flexibility index (Phi) is 3.89. The Labute approximate surface area is 118 Å². The number of amides is 1. The van der Waals surface area contributed by atoms with Gasteiger partial charge in [-0.25, -0.2) is 4.39 Å². The van der Waals surface area contributed by atoms with Crippen molar-refractivity contribution in [3.05, 3.63) is 34.1 Å². The molecule has 1 aromatic rings. The summed E-state index contributed by atoms with van der Waals surface area (Å²) < 4.78 is 14.2. The smallest absolute Gasteiger partial charge is 0.305 e. The van der Waals surface area contributed by atoms with Gasteiger partial charge in [-0.15, -0.1) is 0 Å². The monoisotopic (exact) mass is 329 g/mol. The number of carboxylic acids is 1. The number of rotatable bonds is 4. The minimum atomic E-state index is -0.962. The van der Waals surface area contributed by atoms with Crippen LogP contribution < -0.4 is 5.32 Å². The molecule has 6 heteroatoms. The van der Waals surface area contributed by atoms with E-state index in [1.54, 1.807) is 6.07 Å². The molecule has 0 saturated heterocycles. The first kappa shape index (κ1) is 14.0. The Hall–Kier alpha value is -1.43. The van der Waals surface area contributed by atoms with E-state index in [0.29, 0.717) is 17.3 Å². The predicted molar refractivity (Wildman–Crippen MR) is 70.4 cm³/mol. The second-order valence-corrected chi connectivity index (χ2v) is 5.70. The molecule has 4 nitrogen and oxygen atoms in total. The summed E-state index contributed by atoms with van der Waals surface area (Å²) >= 11 is 3.11. The molecule has 0 radical (unpaired) electrons. The largest absolute Gasteiger partial charge is 0.481 e. The van der Waals surface area contributed by atoms with Crippen molar-refractivity contribution in [1.82, 2.24) is 5.32 Å². The fraction of sp³-hybridized carbons (Fsp3) is 0.385. The number of hydrogen-bond acceptors (Lipinski definition) is 2. The zero-order valence-electron chi connectivity index (χ0n) is 10.1. The van der Waals surface area contributed by atoms with E-state index in [1.807, 2.05) is 0 Å². The van der Waals surface area contributed by atoms with Crippen LogP contribution in [0.15, 0.2) is 22.7 Å². The molecular formula is C13H13BrFNO3. The van der Waals surface area contributed by atoms with Gasteiger partial charge in [-0.05, 0) is 37.5 Å². The van der Waals surface area contributed by atoms with Crippen molar-refractivity contribution in [3.8, 4) is 0 Å². The normalized spacial score (nSPS) is 16.5. The Bertz CT molecular complexity index is 529. The molecule has 0 bridgehead atoms. The van der Waals surface area contributed by atoms with Crippen LogP contribution in [0.2, 0.25) is 0 Å². The van der Waals surface area contributed by atoms with Gasteiger partial charge in [0, 0.05) is 4.47 Å². The Balaban J connectivity index is 2.13. The third-order valence-corrected chi connectivity index (χ3v) is 3.85. The molecule has 0 aliphatic heterocycles. The van der Waals surface area contributed by atoms with Crippen LogP contribution in [-0.2, 0) is 4.79 Å². The van der Waals surface area contributed by atoms with Gasteiger partial charge in [0.1, 0.15) is 5.82 Å². The van der Waals surface area contributed by atoms with Crippen molar-refractivity contribution in [1.29, 1.82) is 0 Å². The van der Waals surface area contributed by atoms with E-state index in [1.165, 1.54) is 12.1 Å². The van der Waals surface area contributed by atoms with Crippen molar-refractivity contribution in [2.75, 3.05) is 0 Å². The minimum Gasteiger partial charge on any atom is -0.481 e. The number of benzene rings is 1. The lowest BCUT2D eigenvalue weighted by molar-refractivity contribution is -0.139. The number of hydrogen-bond donors (Lipinski definition) is 2. The van der Waals surface area contributed by atoms with Gasteiger partial charge in [-0.2, -0.15) is 0 Å². The molecule has 0 unspecified atom stereocenters. The summed E-state index contributed by atoms with van der Waals surface area (Å²) in [6.45, 7) is 0. The van der Waals surface area contributed by atoms with E-state index < -0.39 is 23.2 Å². The van der Waals surface area contributed by atoms with Crippen molar-refractivity contribution in [3.63, 3.8) is 0 Å². The van der Waals surface area contributed by atoms with Crippen LogP contribution in [0.25, 0.3) is 0 Å². The van der Waals surface area contributed by atoms with E-state index >= 15 is 0 Å². The van der Waals surface area contributed by atoms with E-state index in [9.17, 15) is 14.0 Å². The summed E-state index contributed by atoms with van der Waals surface area (Å²) in [4.78, 5) is 22.8. The molecular weight excluding hydrogens is 317 g/mol. The summed E-state index contributed by atoms with van der Waals surface area (Å²) in [5.41, 5.74) is -0.789. The lowest BCUT2D eigenvalue weighted by atomic mass is 9.74. The number of carboxylic acid groups (broad SMARTS) is 1. The maximum absolute atomic E-state index is 13.7. The third kappa shape index (κ3) is 3.12. The van der Waals surface area contributed by atoms with E-state index in [4.69, 9.17) is 5.11 Å². The first-order valence-corrected chi connectivity index (χ1v) is 6.71. The topological polar surface area (TPSA) is 66.4 Å². The molecule has 0 aromatic heterocycles. The van der Waals surface area contributed by atoms with Crippen molar-refractivity contribution >= 4 is 27.8 Å². The average molecular weight is 330 g/mol. The van der Waals surface area contributed by atoms with E-state index in [0.717, 1.165) is 6.42 Å². The molecule has 1 amide bonds. The van der Waals surface area contributed by atoms with Crippen molar-refractivity contribution in [2.45, 2.75) is 31.2 Å². The highest BCUT2D eigenvalue weighted by Crippen LogP contribution is 2.35. The lowest BCUT2D eigenvalue weighted by Gasteiger charge is -2.41. The highest BCUT2D eigenvalue weighted by Gasteiger charge is 2.40. The standard InChI is InChI=1S/C13H13BrFNO3/c14-8-2-3-9(10(15)6-8)12(19)16-13(4-1-5-13)7-11(17)18/h2-3,6H,1,4-5,7H2,(H,16,19)(H,17,18). The van der Waals surface area contributed by atoms with Gasteiger partial charge in [0.2, 0.25) is 0 Å². The molecule has 0 heterocycles. The van der Waals surface area contributed by atoms with Gasteiger partial charge < -0.3 is 10.4 Å². The molecule has 19 heavy (non-hydrogen) atoms. The number of halogens is 2. The van der Waals surface area contributed by atoms with E-state index in [-0.39, 0.29) is 12.0 Å². The molecule has 1 aromatic carbocycles.